The van der Waals surface area contributed by atoms with E-state index in [0.29, 0.717) is 11.1 Å². The third-order valence-corrected chi connectivity index (χ3v) is 3.59. The van der Waals surface area contributed by atoms with Crippen LogP contribution in [0.5, 0.6) is 5.75 Å². The molecule has 9 heteroatoms. The van der Waals surface area contributed by atoms with Crippen molar-refractivity contribution in [2.24, 2.45) is 5.14 Å². The number of nitrogens with zero attached hydrogens (tertiary/aromatic N) is 2. The van der Waals surface area contributed by atoms with Gasteiger partial charge < -0.3 is 4.74 Å². The Labute approximate surface area is 120 Å². The molecule has 0 aliphatic heterocycles. The summed E-state index contributed by atoms with van der Waals surface area (Å²) in [6, 6.07) is 6.08. The van der Waals surface area contributed by atoms with E-state index in [4.69, 9.17) is 9.88 Å². The van der Waals surface area contributed by atoms with Gasteiger partial charge in [0.2, 0.25) is 10.0 Å². The lowest BCUT2D eigenvalue weighted by Crippen LogP contribution is -2.18. The van der Waals surface area contributed by atoms with Gasteiger partial charge in [-0.25, -0.2) is 18.5 Å². The number of nitro benzene ring substituents is 1. The number of nitro groups is 1. The molecule has 112 valence electrons. The zero-order valence-corrected chi connectivity index (χ0v) is 11.7. The van der Waals surface area contributed by atoms with E-state index in [0.717, 1.165) is 0 Å². The summed E-state index contributed by atoms with van der Waals surface area (Å²) in [5.41, 5.74) is 0.119. The van der Waals surface area contributed by atoms with Gasteiger partial charge in [-0.3, -0.25) is 10.1 Å². The number of rotatable bonds is 6. The number of primary sulfonamides is 1. The van der Waals surface area contributed by atoms with Crippen molar-refractivity contribution in [3.05, 3.63) is 40.6 Å². The SMILES string of the molecule is NS(=O)(=O)CCCOc1ccc([N+](=O)[O-])c2ncccc12. The molecule has 1 aromatic heterocycles. The molecule has 0 atom stereocenters. The van der Waals surface area contributed by atoms with Crippen molar-refractivity contribution in [3.8, 4) is 5.75 Å². The first kappa shape index (κ1) is 15.1. The van der Waals surface area contributed by atoms with E-state index < -0.39 is 14.9 Å². The summed E-state index contributed by atoms with van der Waals surface area (Å²) in [5, 5.41) is 16.3. The minimum absolute atomic E-state index is 0.109. The smallest absolute Gasteiger partial charge is 0.295 e. The first-order valence-electron chi connectivity index (χ1n) is 6.04. The summed E-state index contributed by atoms with van der Waals surface area (Å²) in [6.07, 6.45) is 1.69. The van der Waals surface area contributed by atoms with Crippen LogP contribution in [0.25, 0.3) is 10.9 Å². The highest BCUT2D eigenvalue weighted by atomic mass is 32.2. The largest absolute Gasteiger partial charge is 0.493 e. The van der Waals surface area contributed by atoms with E-state index in [1.165, 1.54) is 18.3 Å². The fourth-order valence-corrected chi connectivity index (χ4v) is 2.37. The first-order chi connectivity index (χ1) is 9.88. The van der Waals surface area contributed by atoms with Crippen LogP contribution < -0.4 is 9.88 Å². The maximum Gasteiger partial charge on any atom is 0.295 e. The van der Waals surface area contributed by atoms with Crippen molar-refractivity contribution in [1.29, 1.82) is 0 Å². The van der Waals surface area contributed by atoms with Crippen LogP contribution in [0, 0.1) is 10.1 Å². The number of aromatic nitrogens is 1. The minimum atomic E-state index is -3.52. The topological polar surface area (TPSA) is 125 Å². The number of sulfonamides is 1. The lowest BCUT2D eigenvalue weighted by atomic mass is 10.1. The Kier molecular flexibility index (Phi) is 4.34. The van der Waals surface area contributed by atoms with E-state index in [1.54, 1.807) is 12.1 Å². The monoisotopic (exact) mass is 311 g/mol. The van der Waals surface area contributed by atoms with Crippen LogP contribution >= 0.6 is 0 Å². The molecule has 0 saturated heterocycles. The lowest BCUT2D eigenvalue weighted by Gasteiger charge is -2.08. The number of benzene rings is 1. The molecule has 1 heterocycles. The Morgan fingerprint density at radius 1 is 1.33 bits per heavy atom. The molecule has 0 aliphatic carbocycles. The first-order valence-corrected chi connectivity index (χ1v) is 7.75. The third kappa shape index (κ3) is 3.86. The van der Waals surface area contributed by atoms with Crippen LogP contribution in [0.4, 0.5) is 5.69 Å². The number of fused-ring (bicyclic) bond motifs is 1. The van der Waals surface area contributed by atoms with E-state index in [-0.39, 0.29) is 30.0 Å². The molecular formula is C12H13N3O5S. The molecule has 0 aliphatic rings. The van der Waals surface area contributed by atoms with Gasteiger partial charge >= 0.3 is 0 Å². The van der Waals surface area contributed by atoms with Crippen LogP contribution in [0.3, 0.4) is 0 Å². The fourth-order valence-electron chi connectivity index (χ4n) is 1.85. The van der Waals surface area contributed by atoms with E-state index in [2.05, 4.69) is 4.98 Å². The average molecular weight is 311 g/mol. The van der Waals surface area contributed by atoms with Gasteiger partial charge in [0.1, 0.15) is 5.75 Å². The van der Waals surface area contributed by atoms with Crippen molar-refractivity contribution in [2.45, 2.75) is 6.42 Å². The third-order valence-electron chi connectivity index (χ3n) is 2.74. The molecule has 1 aromatic carbocycles. The molecule has 2 aromatic rings. The predicted molar refractivity (Wildman–Crippen MR) is 76.5 cm³/mol. The summed E-state index contributed by atoms with van der Waals surface area (Å²) < 4.78 is 27.1. The molecule has 0 spiro atoms. The van der Waals surface area contributed by atoms with Crippen molar-refractivity contribution in [3.63, 3.8) is 0 Å². The number of pyridine rings is 1. The maximum absolute atomic E-state index is 10.9. The van der Waals surface area contributed by atoms with Gasteiger partial charge in [0, 0.05) is 17.6 Å². The zero-order valence-electron chi connectivity index (χ0n) is 10.9. The fraction of sp³-hybridized carbons (Fsp3) is 0.250. The Hall–Kier alpha value is -2.26. The van der Waals surface area contributed by atoms with Crippen LogP contribution in [-0.2, 0) is 10.0 Å². The van der Waals surface area contributed by atoms with Gasteiger partial charge in [-0.05, 0) is 24.6 Å². The molecule has 0 unspecified atom stereocenters. The summed E-state index contributed by atoms with van der Waals surface area (Å²) in [5.74, 6) is 0.231. The lowest BCUT2D eigenvalue weighted by molar-refractivity contribution is -0.383. The minimum Gasteiger partial charge on any atom is -0.493 e. The second-order valence-corrected chi connectivity index (χ2v) is 6.04. The molecule has 0 bridgehead atoms. The predicted octanol–water partition coefficient (Wildman–Crippen LogP) is 1.20. The Balaban J connectivity index is 2.22. The van der Waals surface area contributed by atoms with Crippen molar-refractivity contribution in [2.75, 3.05) is 12.4 Å². The van der Waals surface area contributed by atoms with Crippen LogP contribution in [-0.4, -0.2) is 30.7 Å². The van der Waals surface area contributed by atoms with Gasteiger partial charge in [-0.2, -0.15) is 0 Å². The summed E-state index contributed by atoms with van der Waals surface area (Å²) in [4.78, 5) is 14.4. The van der Waals surface area contributed by atoms with Crippen LogP contribution in [0.15, 0.2) is 30.5 Å². The Bertz CT molecular complexity index is 776. The average Bonchev–Trinajstić information content (AvgIpc) is 2.42. The summed E-state index contributed by atoms with van der Waals surface area (Å²) in [6.45, 7) is 0.137. The normalized spacial score (nSPS) is 11.5. The Morgan fingerprint density at radius 3 is 2.76 bits per heavy atom. The van der Waals surface area contributed by atoms with E-state index in [9.17, 15) is 18.5 Å². The Morgan fingerprint density at radius 2 is 2.10 bits per heavy atom. The number of nitrogens with two attached hydrogens (primary N) is 1. The van der Waals surface area contributed by atoms with E-state index >= 15 is 0 Å². The number of hydrogen-bond acceptors (Lipinski definition) is 6. The second-order valence-electron chi connectivity index (χ2n) is 4.31. The molecule has 0 fully saturated rings. The molecule has 2 N–H and O–H groups in total. The molecular weight excluding hydrogens is 298 g/mol. The summed E-state index contributed by atoms with van der Waals surface area (Å²) >= 11 is 0. The highest BCUT2D eigenvalue weighted by Crippen LogP contribution is 2.31. The summed E-state index contributed by atoms with van der Waals surface area (Å²) in [7, 11) is -3.52. The van der Waals surface area contributed by atoms with Gasteiger partial charge in [0.05, 0.1) is 17.3 Å². The van der Waals surface area contributed by atoms with Crippen LogP contribution in [0.2, 0.25) is 0 Å². The molecule has 0 radical (unpaired) electrons. The zero-order chi connectivity index (χ0) is 15.5. The molecule has 0 amide bonds. The molecule has 8 nitrogen and oxygen atoms in total. The molecule has 21 heavy (non-hydrogen) atoms. The number of ether oxygens (including phenoxy) is 1. The van der Waals surface area contributed by atoms with Crippen molar-refractivity contribution < 1.29 is 18.1 Å². The van der Waals surface area contributed by atoms with Gasteiger partial charge in [0.15, 0.2) is 5.52 Å². The standard InChI is InChI=1S/C12H13N3O5S/c13-21(18,19)8-2-7-20-11-5-4-10(15(16)17)12-9(11)3-1-6-14-12/h1,3-6H,2,7-8H2,(H2,13,18,19). The molecule has 0 saturated carbocycles. The quantitative estimate of drug-likeness (QED) is 0.485. The molecule has 2 rings (SSSR count). The van der Waals surface area contributed by atoms with Gasteiger partial charge in [-0.1, -0.05) is 0 Å². The van der Waals surface area contributed by atoms with Gasteiger partial charge in [0.25, 0.3) is 5.69 Å². The van der Waals surface area contributed by atoms with Crippen molar-refractivity contribution in [1.82, 2.24) is 4.98 Å². The second kappa shape index (κ2) is 6.02. The highest BCUT2D eigenvalue weighted by Gasteiger charge is 2.16. The van der Waals surface area contributed by atoms with Crippen molar-refractivity contribution >= 4 is 26.6 Å². The van der Waals surface area contributed by atoms with E-state index in [1.807, 2.05) is 0 Å². The number of hydrogen-bond donors (Lipinski definition) is 1. The maximum atomic E-state index is 10.9. The number of non-ortho nitro benzene ring substituents is 1. The highest BCUT2D eigenvalue weighted by molar-refractivity contribution is 7.89. The van der Waals surface area contributed by atoms with Gasteiger partial charge in [-0.15, -0.1) is 0 Å². The van der Waals surface area contributed by atoms with Crippen LogP contribution in [0.1, 0.15) is 6.42 Å².